The van der Waals surface area contributed by atoms with E-state index in [2.05, 4.69) is 20.8 Å². The van der Waals surface area contributed by atoms with Crippen molar-refractivity contribution in [1.29, 1.82) is 0 Å². The predicted molar refractivity (Wildman–Crippen MR) is 102 cm³/mol. The van der Waals surface area contributed by atoms with Gasteiger partial charge in [0.1, 0.15) is 11.4 Å². The third kappa shape index (κ3) is 2.52. The van der Waals surface area contributed by atoms with Gasteiger partial charge in [0.05, 0.1) is 0 Å². The van der Waals surface area contributed by atoms with E-state index in [1.807, 2.05) is 0 Å². The largest absolute Gasteiger partial charge is 0.459 e. The maximum absolute atomic E-state index is 12.5. The van der Waals surface area contributed by atoms with Crippen molar-refractivity contribution >= 4 is 11.8 Å². The van der Waals surface area contributed by atoms with E-state index >= 15 is 0 Å². The number of ketones is 1. The first-order valence-electron chi connectivity index (χ1n) is 11.0. The van der Waals surface area contributed by atoms with Gasteiger partial charge in [-0.2, -0.15) is 0 Å². The van der Waals surface area contributed by atoms with Crippen LogP contribution in [0, 0.1) is 34.5 Å². The van der Waals surface area contributed by atoms with Crippen LogP contribution < -0.4 is 0 Å². The summed E-state index contributed by atoms with van der Waals surface area (Å²) in [6.45, 7) is 8.52. The van der Waals surface area contributed by atoms with Gasteiger partial charge in [-0.15, -0.1) is 0 Å². The summed E-state index contributed by atoms with van der Waals surface area (Å²) in [5.74, 6) is 3.21. The molecule has 0 bridgehead atoms. The Morgan fingerprint density at radius 1 is 1.08 bits per heavy atom. The fourth-order valence-electron chi connectivity index (χ4n) is 7.87. The molecule has 0 spiro atoms. The van der Waals surface area contributed by atoms with Gasteiger partial charge in [0.25, 0.3) is 0 Å². The van der Waals surface area contributed by atoms with E-state index in [4.69, 9.17) is 4.74 Å². The van der Waals surface area contributed by atoms with Crippen LogP contribution in [0.25, 0.3) is 0 Å². The molecule has 26 heavy (non-hydrogen) atoms. The lowest BCUT2D eigenvalue weighted by Gasteiger charge is -2.61. The van der Waals surface area contributed by atoms with Crippen LogP contribution in [0.5, 0.6) is 0 Å². The smallest absolute Gasteiger partial charge is 0.303 e. The molecule has 0 unspecified atom stereocenters. The van der Waals surface area contributed by atoms with E-state index in [-0.39, 0.29) is 17.0 Å². The number of fused-ring (bicyclic) bond motifs is 5. The molecule has 3 heteroatoms. The summed E-state index contributed by atoms with van der Waals surface area (Å²) in [6, 6.07) is 0. The summed E-state index contributed by atoms with van der Waals surface area (Å²) in [6.07, 6.45) is 11.0. The number of Topliss-reactive ketones (excluding diaryl/α,β-unsaturated/α-hetero) is 1. The summed E-state index contributed by atoms with van der Waals surface area (Å²) >= 11 is 0. The van der Waals surface area contributed by atoms with Gasteiger partial charge in [-0.3, -0.25) is 9.59 Å². The minimum atomic E-state index is -0.227. The second-order valence-corrected chi connectivity index (χ2v) is 10.4. The summed E-state index contributed by atoms with van der Waals surface area (Å²) < 4.78 is 5.87. The fourth-order valence-corrected chi connectivity index (χ4v) is 7.87. The highest BCUT2D eigenvalue weighted by molar-refractivity contribution is 5.87. The van der Waals surface area contributed by atoms with Gasteiger partial charge in [-0.1, -0.05) is 20.8 Å². The highest BCUT2D eigenvalue weighted by atomic mass is 16.6. The van der Waals surface area contributed by atoms with Crippen molar-refractivity contribution in [1.82, 2.24) is 0 Å². The van der Waals surface area contributed by atoms with Crippen molar-refractivity contribution in [3.63, 3.8) is 0 Å². The maximum atomic E-state index is 12.5. The number of hydrogen-bond donors (Lipinski definition) is 0. The van der Waals surface area contributed by atoms with Gasteiger partial charge in [0.2, 0.25) is 0 Å². The quantitative estimate of drug-likeness (QED) is 0.627. The third-order valence-corrected chi connectivity index (χ3v) is 9.52. The Balaban J connectivity index is 1.58. The van der Waals surface area contributed by atoms with Crippen molar-refractivity contribution in [2.24, 2.45) is 34.5 Å². The summed E-state index contributed by atoms with van der Waals surface area (Å²) in [7, 11) is 0. The summed E-state index contributed by atoms with van der Waals surface area (Å²) in [4.78, 5) is 24.2. The van der Waals surface area contributed by atoms with E-state index in [1.165, 1.54) is 25.7 Å². The average molecular weight is 361 g/mol. The van der Waals surface area contributed by atoms with Crippen molar-refractivity contribution in [2.75, 3.05) is 0 Å². The Hall–Kier alpha value is -0.860. The zero-order valence-corrected chi connectivity index (χ0v) is 17.1. The number of carbonyl (C=O) groups excluding carboxylic acids is 2. The Morgan fingerprint density at radius 3 is 2.54 bits per heavy atom. The van der Waals surface area contributed by atoms with Crippen LogP contribution in [0.2, 0.25) is 0 Å². The monoisotopic (exact) mass is 360 g/mol. The van der Waals surface area contributed by atoms with Crippen molar-refractivity contribution in [3.8, 4) is 0 Å². The van der Waals surface area contributed by atoms with Gasteiger partial charge in [0, 0.05) is 18.8 Å². The Bertz CT molecular complexity index is 613. The molecule has 0 aromatic carbocycles. The van der Waals surface area contributed by atoms with Crippen LogP contribution in [0.3, 0.4) is 0 Å². The Morgan fingerprint density at radius 2 is 1.85 bits per heavy atom. The number of esters is 1. The average Bonchev–Trinajstić information content (AvgIpc) is 2.90. The first-order valence-corrected chi connectivity index (χ1v) is 11.0. The molecule has 7 atom stereocenters. The molecule has 4 rings (SSSR count). The highest BCUT2D eigenvalue weighted by Gasteiger charge is 2.61. The fraction of sp³-hybridized carbons (Fsp3) is 0.913. The normalized spacial score (nSPS) is 50.5. The summed E-state index contributed by atoms with van der Waals surface area (Å²) in [5.41, 5.74) is 0.119. The van der Waals surface area contributed by atoms with Crippen molar-refractivity contribution in [3.05, 3.63) is 0 Å². The van der Waals surface area contributed by atoms with E-state index in [0.29, 0.717) is 23.0 Å². The molecule has 3 nitrogen and oxygen atoms in total. The SMILES string of the molecule is CC[C@]1(OC(C)=O)CC[C@@]2(C)[C@@H](CC[C@@H]3[C@H]2CC[C@]2(C)C(=O)CC[C@H]32)C1. The molecular formula is C23H36O3. The predicted octanol–water partition coefficient (Wildman–Crippen LogP) is 5.31. The van der Waals surface area contributed by atoms with E-state index in [9.17, 15) is 9.59 Å². The van der Waals surface area contributed by atoms with Crippen molar-refractivity contribution in [2.45, 2.75) is 97.5 Å². The molecule has 4 aliphatic rings. The molecule has 0 aromatic heterocycles. The van der Waals surface area contributed by atoms with Gasteiger partial charge < -0.3 is 4.74 Å². The first-order chi connectivity index (χ1) is 12.2. The van der Waals surface area contributed by atoms with Crippen LogP contribution in [-0.2, 0) is 14.3 Å². The molecule has 0 aromatic rings. The van der Waals surface area contributed by atoms with E-state index in [1.54, 1.807) is 6.92 Å². The van der Waals surface area contributed by atoms with Crippen LogP contribution in [0.4, 0.5) is 0 Å². The minimum Gasteiger partial charge on any atom is -0.459 e. The zero-order valence-electron chi connectivity index (χ0n) is 17.1. The van der Waals surface area contributed by atoms with Gasteiger partial charge in [-0.05, 0) is 86.9 Å². The van der Waals surface area contributed by atoms with Gasteiger partial charge in [0.15, 0.2) is 0 Å². The van der Waals surface area contributed by atoms with Crippen LogP contribution in [-0.4, -0.2) is 17.4 Å². The molecule has 0 aliphatic heterocycles. The second-order valence-electron chi connectivity index (χ2n) is 10.4. The molecule has 0 heterocycles. The Kier molecular flexibility index (Phi) is 4.32. The highest BCUT2D eigenvalue weighted by Crippen LogP contribution is 2.66. The van der Waals surface area contributed by atoms with Crippen molar-refractivity contribution < 1.29 is 14.3 Å². The van der Waals surface area contributed by atoms with Crippen LogP contribution >= 0.6 is 0 Å². The lowest BCUT2D eigenvalue weighted by atomic mass is 9.44. The van der Waals surface area contributed by atoms with Gasteiger partial charge in [-0.25, -0.2) is 0 Å². The van der Waals surface area contributed by atoms with Gasteiger partial charge >= 0.3 is 5.97 Å². The molecule has 0 radical (unpaired) electrons. The molecule has 4 aliphatic carbocycles. The topological polar surface area (TPSA) is 43.4 Å². The molecule has 0 saturated heterocycles. The minimum absolute atomic E-state index is 0.0239. The third-order valence-electron chi connectivity index (χ3n) is 9.52. The molecular weight excluding hydrogens is 324 g/mol. The van der Waals surface area contributed by atoms with Crippen LogP contribution in [0.1, 0.15) is 91.9 Å². The van der Waals surface area contributed by atoms with E-state index in [0.717, 1.165) is 50.4 Å². The number of ether oxygens (including phenoxy) is 1. The molecule has 4 saturated carbocycles. The van der Waals surface area contributed by atoms with E-state index < -0.39 is 0 Å². The van der Waals surface area contributed by atoms with Crippen LogP contribution in [0.15, 0.2) is 0 Å². The number of rotatable bonds is 2. The lowest BCUT2D eigenvalue weighted by Crippen LogP contribution is -2.56. The second kappa shape index (κ2) is 6.07. The summed E-state index contributed by atoms with van der Waals surface area (Å²) in [5, 5.41) is 0. The number of hydrogen-bond acceptors (Lipinski definition) is 3. The standard InChI is InChI=1S/C23H36O3/c1-5-23(26-15(2)24)13-12-21(3)16(14-23)6-7-17-18-8-9-20(25)22(18,4)11-10-19(17)21/h16-19H,5-14H2,1-4H3/t16-,17-,18+,19+,21-,22-,23-/m0/s1. The molecule has 0 amide bonds. The molecule has 146 valence electrons. The maximum Gasteiger partial charge on any atom is 0.303 e. The lowest BCUT2D eigenvalue weighted by molar-refractivity contribution is -0.182. The zero-order chi connectivity index (χ0) is 18.7. The number of carbonyl (C=O) groups is 2. The molecule has 0 N–H and O–H groups in total. The first kappa shape index (κ1) is 18.5. The Labute approximate surface area is 158 Å². The molecule has 4 fully saturated rings.